The average molecular weight is 437 g/mol. The first-order valence-electron chi connectivity index (χ1n) is 10.5. The van der Waals surface area contributed by atoms with Gasteiger partial charge in [0.15, 0.2) is 11.3 Å². The van der Waals surface area contributed by atoms with Gasteiger partial charge in [-0.25, -0.2) is 19.6 Å². The summed E-state index contributed by atoms with van der Waals surface area (Å²) >= 11 is 0. The zero-order valence-electron chi connectivity index (χ0n) is 18.0. The summed E-state index contributed by atoms with van der Waals surface area (Å²) in [7, 11) is 0. The minimum atomic E-state index is -0.450. The number of nitrogens with zero attached hydrogens (tertiary/aromatic N) is 6. The third-order valence-electron chi connectivity index (χ3n) is 5.98. The molecule has 4 heterocycles. The van der Waals surface area contributed by atoms with E-state index in [0.717, 1.165) is 22.3 Å². The Balaban J connectivity index is 1.56. The van der Waals surface area contributed by atoms with E-state index in [0.29, 0.717) is 29.2 Å². The van der Waals surface area contributed by atoms with Crippen molar-refractivity contribution in [2.45, 2.75) is 31.9 Å². The molecule has 9 nitrogen and oxygen atoms in total. The normalized spacial score (nSPS) is 16.9. The maximum Gasteiger partial charge on any atom is 0.328 e. The number of aromatic nitrogens is 6. The molecule has 1 aliphatic rings. The van der Waals surface area contributed by atoms with Crippen LogP contribution in [0.2, 0.25) is 0 Å². The highest BCUT2D eigenvalue weighted by molar-refractivity contribution is 5.81. The van der Waals surface area contributed by atoms with E-state index in [1.54, 1.807) is 39.9 Å². The first-order chi connectivity index (χ1) is 15.9. The smallest absolute Gasteiger partial charge is 0.328 e. The van der Waals surface area contributed by atoms with E-state index >= 15 is 0 Å². The largest absolute Gasteiger partial charge is 0.487 e. The van der Waals surface area contributed by atoms with Crippen molar-refractivity contribution in [1.29, 1.82) is 0 Å². The van der Waals surface area contributed by atoms with Gasteiger partial charge in [-0.3, -0.25) is 9.13 Å². The standard InChI is InChI=1S/C24H19N7O2/c1-24(2)11-19(15-6-4-5-7-20(15)33-24)31-21-17(28-23(31)32)12-26-22(29-21)30-13-27-16-9-8-14(25-3)10-18(16)30/h4-10,12-13,19H,11H2,1-2H3,(H,28,32). The molecule has 3 aromatic heterocycles. The summed E-state index contributed by atoms with van der Waals surface area (Å²) < 4.78 is 9.57. The van der Waals surface area contributed by atoms with Crippen molar-refractivity contribution >= 4 is 27.9 Å². The highest BCUT2D eigenvalue weighted by atomic mass is 16.5. The predicted molar refractivity (Wildman–Crippen MR) is 123 cm³/mol. The van der Waals surface area contributed by atoms with Crippen LogP contribution in [0.4, 0.5) is 5.69 Å². The van der Waals surface area contributed by atoms with Gasteiger partial charge in [0.25, 0.3) is 0 Å². The maximum absolute atomic E-state index is 13.1. The van der Waals surface area contributed by atoms with E-state index in [2.05, 4.69) is 19.8 Å². The molecule has 162 valence electrons. The second kappa shape index (κ2) is 6.77. The summed E-state index contributed by atoms with van der Waals surface area (Å²) in [5.41, 5.74) is 3.26. The summed E-state index contributed by atoms with van der Waals surface area (Å²) in [6.07, 6.45) is 3.84. The lowest BCUT2D eigenvalue weighted by Gasteiger charge is -2.37. The van der Waals surface area contributed by atoms with Crippen molar-refractivity contribution in [1.82, 2.24) is 29.1 Å². The Bertz CT molecular complexity index is 1650. The molecular formula is C24H19N7O2. The summed E-state index contributed by atoms with van der Waals surface area (Å²) in [6.45, 7) is 11.3. The van der Waals surface area contributed by atoms with Crippen LogP contribution in [0, 0.1) is 6.57 Å². The van der Waals surface area contributed by atoms with Gasteiger partial charge in [-0.2, -0.15) is 4.98 Å². The minimum absolute atomic E-state index is 0.248. The van der Waals surface area contributed by atoms with Gasteiger partial charge < -0.3 is 9.72 Å². The Labute approximate surface area is 188 Å². The van der Waals surface area contributed by atoms with Crippen molar-refractivity contribution in [2.75, 3.05) is 0 Å². The zero-order valence-corrected chi connectivity index (χ0v) is 18.0. The van der Waals surface area contributed by atoms with E-state index in [9.17, 15) is 4.79 Å². The fourth-order valence-electron chi connectivity index (χ4n) is 4.53. The van der Waals surface area contributed by atoms with Crippen molar-refractivity contribution < 1.29 is 4.74 Å². The number of benzene rings is 2. The van der Waals surface area contributed by atoms with Gasteiger partial charge in [-0.05, 0) is 32.0 Å². The van der Waals surface area contributed by atoms with Crippen LogP contribution < -0.4 is 10.4 Å². The lowest BCUT2D eigenvalue weighted by atomic mass is 9.89. The molecule has 0 fully saturated rings. The Morgan fingerprint density at radius 3 is 2.91 bits per heavy atom. The Morgan fingerprint density at radius 1 is 1.21 bits per heavy atom. The lowest BCUT2D eigenvalue weighted by Crippen LogP contribution is -2.39. The number of nitrogens with one attached hydrogen (secondary N) is 1. The van der Waals surface area contributed by atoms with Gasteiger partial charge >= 0.3 is 5.69 Å². The molecule has 1 aliphatic heterocycles. The molecule has 0 aliphatic carbocycles. The van der Waals surface area contributed by atoms with Crippen LogP contribution in [-0.4, -0.2) is 34.7 Å². The zero-order chi connectivity index (χ0) is 22.7. The number of rotatable bonds is 2. The van der Waals surface area contributed by atoms with Crippen LogP contribution in [0.5, 0.6) is 5.75 Å². The molecule has 0 amide bonds. The molecule has 0 bridgehead atoms. The van der Waals surface area contributed by atoms with Crippen molar-refractivity contribution in [3.63, 3.8) is 0 Å². The number of H-pyrrole nitrogens is 1. The topological polar surface area (TPSA) is 95.0 Å². The molecule has 0 spiro atoms. The van der Waals surface area contributed by atoms with E-state index in [1.165, 1.54) is 0 Å². The van der Waals surface area contributed by atoms with Gasteiger partial charge in [0.05, 0.1) is 29.8 Å². The van der Waals surface area contributed by atoms with Crippen LogP contribution in [0.15, 0.2) is 59.8 Å². The van der Waals surface area contributed by atoms with Crippen molar-refractivity contribution in [3.8, 4) is 11.7 Å². The Morgan fingerprint density at radius 2 is 2.06 bits per heavy atom. The predicted octanol–water partition coefficient (Wildman–Crippen LogP) is 4.16. The number of ether oxygens (including phenoxy) is 1. The number of aromatic amines is 1. The molecule has 2 aromatic carbocycles. The number of fused-ring (bicyclic) bond motifs is 3. The van der Waals surface area contributed by atoms with E-state index in [1.807, 2.05) is 38.1 Å². The van der Waals surface area contributed by atoms with Gasteiger partial charge in [0, 0.05) is 12.0 Å². The summed E-state index contributed by atoms with van der Waals surface area (Å²) in [4.78, 5) is 33.1. The first-order valence-corrected chi connectivity index (χ1v) is 10.5. The monoisotopic (exact) mass is 437 g/mol. The SMILES string of the molecule is [C-]#[N+]c1ccc2ncn(-c3ncc4[nH]c(=O)n(C5CC(C)(C)Oc6ccccc65)c4n3)c2c1. The average Bonchev–Trinajstić information content (AvgIpc) is 3.36. The molecule has 9 heteroatoms. The molecule has 5 aromatic rings. The molecule has 1 atom stereocenters. The van der Waals surface area contributed by atoms with Crippen molar-refractivity contribution in [3.05, 3.63) is 82.5 Å². The van der Waals surface area contributed by atoms with Gasteiger partial charge in [-0.1, -0.05) is 24.3 Å². The second-order valence-corrected chi connectivity index (χ2v) is 8.73. The van der Waals surface area contributed by atoms with Crippen LogP contribution >= 0.6 is 0 Å². The van der Waals surface area contributed by atoms with E-state index in [-0.39, 0.29) is 11.7 Å². The van der Waals surface area contributed by atoms with Crippen LogP contribution in [-0.2, 0) is 0 Å². The third kappa shape index (κ3) is 2.99. The molecule has 0 saturated carbocycles. The fourth-order valence-corrected chi connectivity index (χ4v) is 4.53. The first kappa shape index (κ1) is 19.3. The lowest BCUT2D eigenvalue weighted by molar-refractivity contribution is 0.0671. The second-order valence-electron chi connectivity index (χ2n) is 8.73. The molecule has 6 rings (SSSR count). The van der Waals surface area contributed by atoms with Crippen LogP contribution in [0.3, 0.4) is 0 Å². The Hall–Kier alpha value is -4.45. The molecule has 33 heavy (non-hydrogen) atoms. The number of imidazole rings is 2. The van der Waals surface area contributed by atoms with Crippen molar-refractivity contribution in [2.24, 2.45) is 0 Å². The molecule has 0 saturated heterocycles. The van der Waals surface area contributed by atoms with Gasteiger partial charge in [-0.15, -0.1) is 0 Å². The van der Waals surface area contributed by atoms with E-state index < -0.39 is 5.60 Å². The highest BCUT2D eigenvalue weighted by Gasteiger charge is 2.36. The number of para-hydroxylation sites is 1. The Kier molecular flexibility index (Phi) is 3.95. The highest BCUT2D eigenvalue weighted by Crippen LogP contribution is 2.41. The van der Waals surface area contributed by atoms with E-state index in [4.69, 9.17) is 16.3 Å². The molecule has 1 N–H and O–H groups in total. The van der Waals surface area contributed by atoms with Crippen LogP contribution in [0.25, 0.3) is 33.0 Å². The molecule has 0 radical (unpaired) electrons. The van der Waals surface area contributed by atoms with Crippen LogP contribution in [0.1, 0.15) is 31.9 Å². The van der Waals surface area contributed by atoms with Gasteiger partial charge in [0.2, 0.25) is 5.95 Å². The maximum atomic E-state index is 13.1. The number of hydrogen-bond acceptors (Lipinski definition) is 5. The molecular weight excluding hydrogens is 418 g/mol. The summed E-state index contributed by atoms with van der Waals surface area (Å²) in [5, 5.41) is 0. The minimum Gasteiger partial charge on any atom is -0.487 e. The van der Waals surface area contributed by atoms with Gasteiger partial charge in [0.1, 0.15) is 23.2 Å². The summed E-state index contributed by atoms with van der Waals surface area (Å²) in [6, 6.07) is 12.8. The number of hydrogen-bond donors (Lipinski definition) is 1. The fraction of sp³-hybridized carbons (Fsp3) is 0.208. The summed E-state index contributed by atoms with van der Waals surface area (Å²) in [5.74, 6) is 1.14. The quantitative estimate of drug-likeness (QED) is 0.419. The third-order valence-corrected chi connectivity index (χ3v) is 5.98. The molecule has 1 unspecified atom stereocenters.